The third-order valence-corrected chi connectivity index (χ3v) is 2.18. The van der Waals surface area contributed by atoms with Crippen molar-refractivity contribution in [1.29, 1.82) is 0 Å². The Balaban J connectivity index is 0.000000502. The molecule has 1 heterocycles. The Labute approximate surface area is 137 Å². The van der Waals surface area contributed by atoms with Crippen LogP contribution in [0.2, 0.25) is 0 Å². The van der Waals surface area contributed by atoms with Crippen LogP contribution in [0.5, 0.6) is 0 Å². The molecular formula is C20H13NO2. The van der Waals surface area contributed by atoms with Crippen LogP contribution in [-0.4, -0.2) is 23.7 Å². The molecule has 0 aromatic rings. The van der Waals surface area contributed by atoms with Gasteiger partial charge >= 0.3 is 5.97 Å². The van der Waals surface area contributed by atoms with E-state index >= 15 is 0 Å². The average molecular weight is 299 g/mol. The number of carbonyl (C=O) groups is 1. The van der Waals surface area contributed by atoms with Gasteiger partial charge in [0.15, 0.2) is 0 Å². The summed E-state index contributed by atoms with van der Waals surface area (Å²) in [4.78, 5) is 10.1. The molecule has 0 spiro atoms. The Morgan fingerprint density at radius 2 is 1.43 bits per heavy atom. The summed E-state index contributed by atoms with van der Waals surface area (Å²) in [6, 6.07) is -0.269. The minimum atomic E-state index is -0.720. The highest BCUT2D eigenvalue weighted by atomic mass is 16.4. The molecule has 1 saturated heterocycles. The topological polar surface area (TPSA) is 49.3 Å². The summed E-state index contributed by atoms with van der Waals surface area (Å²) in [5.41, 5.74) is 0. The van der Waals surface area contributed by atoms with E-state index in [1.807, 2.05) is 0 Å². The van der Waals surface area contributed by atoms with Gasteiger partial charge in [0.1, 0.15) is 6.04 Å². The van der Waals surface area contributed by atoms with Gasteiger partial charge in [0.05, 0.1) is 0 Å². The first-order valence-corrected chi connectivity index (χ1v) is 6.56. The molecule has 3 nitrogen and oxygen atoms in total. The van der Waals surface area contributed by atoms with Crippen LogP contribution in [0.15, 0.2) is 0 Å². The van der Waals surface area contributed by atoms with Gasteiger partial charge in [-0.25, -0.2) is 0 Å². The molecule has 1 aliphatic heterocycles. The van der Waals surface area contributed by atoms with Crippen molar-refractivity contribution in [2.45, 2.75) is 25.8 Å². The van der Waals surface area contributed by atoms with E-state index in [0.717, 1.165) is 19.4 Å². The molecule has 0 aromatic heterocycles. The van der Waals surface area contributed by atoms with Crippen molar-refractivity contribution in [2.75, 3.05) is 6.54 Å². The van der Waals surface area contributed by atoms with Crippen LogP contribution >= 0.6 is 0 Å². The third-order valence-electron chi connectivity index (χ3n) is 2.18. The van der Waals surface area contributed by atoms with Crippen molar-refractivity contribution in [1.82, 2.24) is 5.32 Å². The molecule has 23 heavy (non-hydrogen) atoms. The minimum absolute atomic E-state index is 0.269. The number of nitrogens with one attached hydrogen (secondary N) is 1. The van der Waals surface area contributed by atoms with Gasteiger partial charge in [-0.2, -0.15) is 0 Å². The van der Waals surface area contributed by atoms with Crippen LogP contribution in [0.25, 0.3) is 0 Å². The van der Waals surface area contributed by atoms with Crippen molar-refractivity contribution in [3.05, 3.63) is 0 Å². The number of aliphatic carboxylic acids is 1. The van der Waals surface area contributed by atoms with Gasteiger partial charge in [0.25, 0.3) is 0 Å². The zero-order valence-corrected chi connectivity index (χ0v) is 12.6. The van der Waals surface area contributed by atoms with Gasteiger partial charge in [0.2, 0.25) is 0 Å². The molecule has 1 aliphatic rings. The molecular weight excluding hydrogens is 286 g/mol. The molecule has 0 aromatic carbocycles. The van der Waals surface area contributed by atoms with E-state index in [-0.39, 0.29) is 6.04 Å². The van der Waals surface area contributed by atoms with Gasteiger partial charge < -0.3 is 10.4 Å². The summed E-state index contributed by atoms with van der Waals surface area (Å²) in [5.74, 6) is 31.2. The normalized spacial score (nSPS) is 12.3. The number of terminal acetylenes is 1. The highest BCUT2D eigenvalue weighted by Gasteiger charge is 2.20. The van der Waals surface area contributed by atoms with E-state index in [4.69, 9.17) is 11.5 Å². The first kappa shape index (κ1) is 19.3. The Kier molecular flexibility index (Phi) is 12.4. The Morgan fingerprint density at radius 3 is 1.74 bits per heavy atom. The maximum absolute atomic E-state index is 10.1. The van der Waals surface area contributed by atoms with Crippen LogP contribution in [0.1, 0.15) is 19.8 Å². The van der Waals surface area contributed by atoms with Crippen LogP contribution in [0.4, 0.5) is 0 Å². The largest absolute Gasteiger partial charge is 0.480 e. The maximum Gasteiger partial charge on any atom is 0.320 e. The number of hydrogen-bond donors (Lipinski definition) is 2. The second-order valence-corrected chi connectivity index (χ2v) is 3.76. The molecule has 3 heteroatoms. The summed E-state index contributed by atoms with van der Waals surface area (Å²) in [7, 11) is 0. The second-order valence-electron chi connectivity index (χ2n) is 3.76. The van der Waals surface area contributed by atoms with Crippen molar-refractivity contribution >= 4 is 5.97 Å². The highest BCUT2D eigenvalue weighted by Crippen LogP contribution is 2.03. The standard InChI is InChI=1S/C15H4.C5H9NO2/c1-3-5-7-9-11-13-15-14-12-10-8-6-4-2;7-5(8)4-2-1-3-6-4/h1H,2H3;4,6H,1-3H2,(H,7,8)/t;4-/m.0/s1. The zero-order valence-electron chi connectivity index (χ0n) is 12.6. The fourth-order valence-corrected chi connectivity index (χ4v) is 1.28. The van der Waals surface area contributed by atoms with Gasteiger partial charge in [-0.05, 0) is 97.4 Å². The zero-order chi connectivity index (χ0) is 17.2. The SMILES string of the molecule is C#CC#CC#CC#CC#CC#CC#CC.O=C(O)[C@@H]1CCCN1. The van der Waals surface area contributed by atoms with Crippen molar-refractivity contribution < 1.29 is 9.90 Å². The van der Waals surface area contributed by atoms with Crippen molar-refractivity contribution in [2.24, 2.45) is 0 Å². The third kappa shape index (κ3) is 13.1. The van der Waals surface area contributed by atoms with Gasteiger partial charge in [0, 0.05) is 0 Å². The van der Waals surface area contributed by atoms with Crippen molar-refractivity contribution in [3.8, 4) is 83.4 Å². The minimum Gasteiger partial charge on any atom is -0.480 e. The summed E-state index contributed by atoms with van der Waals surface area (Å²) in [6.07, 6.45) is 6.66. The van der Waals surface area contributed by atoms with Gasteiger partial charge in [-0.15, -0.1) is 6.42 Å². The van der Waals surface area contributed by atoms with E-state index in [0.29, 0.717) is 0 Å². The Hall–Kier alpha value is -3.65. The molecule has 0 saturated carbocycles. The summed E-state index contributed by atoms with van der Waals surface area (Å²) < 4.78 is 0. The first-order valence-electron chi connectivity index (χ1n) is 6.56. The maximum atomic E-state index is 10.1. The lowest BCUT2D eigenvalue weighted by Crippen LogP contribution is -2.29. The predicted octanol–water partition coefficient (Wildman–Crippen LogP) is 0.483. The highest BCUT2D eigenvalue weighted by molar-refractivity contribution is 5.73. The molecule has 1 fully saturated rings. The number of rotatable bonds is 1. The molecule has 2 N–H and O–H groups in total. The number of carboxylic acid groups (broad SMARTS) is 1. The number of hydrogen-bond acceptors (Lipinski definition) is 2. The monoisotopic (exact) mass is 299 g/mol. The fourth-order valence-electron chi connectivity index (χ4n) is 1.28. The quantitative estimate of drug-likeness (QED) is 0.693. The molecule has 0 bridgehead atoms. The summed E-state index contributed by atoms with van der Waals surface area (Å²) in [5, 5.41) is 11.2. The molecule has 0 radical (unpaired) electrons. The fraction of sp³-hybridized carbons (Fsp3) is 0.250. The lowest BCUT2D eigenvalue weighted by atomic mass is 10.2. The summed E-state index contributed by atoms with van der Waals surface area (Å²) >= 11 is 0. The van der Waals surface area contributed by atoms with Crippen LogP contribution in [0.3, 0.4) is 0 Å². The lowest BCUT2D eigenvalue weighted by molar-refractivity contribution is -0.139. The molecule has 1 rings (SSSR count). The molecule has 0 unspecified atom stereocenters. The van der Waals surface area contributed by atoms with E-state index in [9.17, 15) is 4.79 Å². The number of carboxylic acids is 1. The van der Waals surface area contributed by atoms with Crippen LogP contribution in [0, 0.1) is 83.4 Å². The van der Waals surface area contributed by atoms with E-state index in [1.54, 1.807) is 6.92 Å². The Morgan fingerprint density at radius 1 is 0.957 bits per heavy atom. The smallest absolute Gasteiger partial charge is 0.320 e. The van der Waals surface area contributed by atoms with Crippen molar-refractivity contribution in [3.63, 3.8) is 0 Å². The molecule has 1 atom stereocenters. The van der Waals surface area contributed by atoms with Crippen LogP contribution < -0.4 is 5.32 Å². The molecule has 0 aliphatic carbocycles. The Bertz CT molecular complexity index is 814. The van der Waals surface area contributed by atoms with E-state index < -0.39 is 5.97 Å². The van der Waals surface area contributed by atoms with E-state index in [1.165, 1.54) is 0 Å². The van der Waals surface area contributed by atoms with Gasteiger partial charge in [-0.1, -0.05) is 5.92 Å². The summed E-state index contributed by atoms with van der Waals surface area (Å²) in [6.45, 7) is 2.56. The lowest BCUT2D eigenvalue weighted by Gasteiger charge is -1.99. The first-order chi connectivity index (χ1) is 11.2. The average Bonchev–Trinajstić information content (AvgIpc) is 3.08. The van der Waals surface area contributed by atoms with Crippen LogP contribution in [-0.2, 0) is 4.79 Å². The van der Waals surface area contributed by atoms with Gasteiger partial charge in [-0.3, -0.25) is 4.79 Å². The molecule has 0 amide bonds. The van der Waals surface area contributed by atoms with E-state index in [2.05, 4.69) is 82.3 Å². The second kappa shape index (κ2) is 14.8. The molecule has 110 valence electrons. The predicted molar refractivity (Wildman–Crippen MR) is 89.8 cm³/mol.